The van der Waals surface area contributed by atoms with Crippen molar-refractivity contribution in [2.45, 2.75) is 25.2 Å². The second-order valence-corrected chi connectivity index (χ2v) is 4.93. The van der Waals surface area contributed by atoms with Crippen LogP contribution < -0.4 is 5.73 Å². The number of ether oxygens (including phenoxy) is 1. The fraction of sp³-hybridized carbons (Fsp3) is 0.250. The zero-order valence-electron chi connectivity index (χ0n) is 11.2. The number of hydrogen-bond donors (Lipinski definition) is 1. The summed E-state index contributed by atoms with van der Waals surface area (Å²) < 4.78 is 5.85. The monoisotopic (exact) mass is 268 g/mol. The molecule has 2 atom stereocenters. The molecule has 2 heterocycles. The molecule has 0 radical (unpaired) electrons. The number of aromatic nitrogens is 1. The van der Waals surface area contributed by atoms with Crippen LogP contribution in [-0.2, 0) is 21.7 Å². The van der Waals surface area contributed by atoms with Crippen LogP contribution in [0.15, 0.2) is 48.8 Å². The number of pyridine rings is 1. The number of rotatable bonds is 4. The van der Waals surface area contributed by atoms with Gasteiger partial charge >= 0.3 is 0 Å². The molecule has 0 bridgehead atoms. The van der Waals surface area contributed by atoms with Crippen LogP contribution in [0.3, 0.4) is 0 Å². The molecule has 2 aromatic rings. The third-order valence-corrected chi connectivity index (χ3v) is 3.81. The van der Waals surface area contributed by atoms with E-state index in [2.05, 4.69) is 4.98 Å². The van der Waals surface area contributed by atoms with Crippen molar-refractivity contribution in [3.05, 3.63) is 65.5 Å². The Bertz CT molecular complexity index is 642. The number of hydrogen-bond acceptors (Lipinski definition) is 4. The van der Waals surface area contributed by atoms with Crippen LogP contribution in [0.25, 0.3) is 0 Å². The van der Waals surface area contributed by atoms with E-state index in [0.717, 1.165) is 16.7 Å². The Morgan fingerprint density at radius 3 is 2.65 bits per heavy atom. The second-order valence-electron chi connectivity index (χ2n) is 4.93. The summed E-state index contributed by atoms with van der Waals surface area (Å²) in [5.41, 5.74) is 7.73. The number of ketones is 1. The predicted octanol–water partition coefficient (Wildman–Crippen LogP) is 2.10. The molecule has 20 heavy (non-hydrogen) atoms. The zero-order valence-corrected chi connectivity index (χ0v) is 11.2. The van der Waals surface area contributed by atoms with Gasteiger partial charge in [-0.1, -0.05) is 24.3 Å². The van der Waals surface area contributed by atoms with Crippen molar-refractivity contribution in [1.82, 2.24) is 4.98 Å². The molecule has 2 unspecified atom stereocenters. The molecule has 3 rings (SSSR count). The van der Waals surface area contributed by atoms with E-state index >= 15 is 0 Å². The van der Waals surface area contributed by atoms with Crippen LogP contribution in [0.2, 0.25) is 0 Å². The summed E-state index contributed by atoms with van der Waals surface area (Å²) in [5, 5.41) is 0. The molecule has 1 aromatic heterocycles. The lowest BCUT2D eigenvalue weighted by atomic mass is 9.87. The molecule has 0 aliphatic carbocycles. The third kappa shape index (κ3) is 1.85. The highest BCUT2D eigenvalue weighted by molar-refractivity contribution is 5.90. The molecule has 1 aromatic carbocycles. The van der Waals surface area contributed by atoms with Crippen LogP contribution in [0.5, 0.6) is 0 Å². The van der Waals surface area contributed by atoms with E-state index in [1.54, 1.807) is 19.3 Å². The maximum absolute atomic E-state index is 12.1. The maximum atomic E-state index is 12.1. The first kappa shape index (κ1) is 13.0. The number of nitrogens with zero attached hydrogens (tertiary/aromatic N) is 1. The van der Waals surface area contributed by atoms with Gasteiger partial charge in [-0.25, -0.2) is 0 Å². The molecule has 0 amide bonds. The van der Waals surface area contributed by atoms with E-state index in [1.807, 2.05) is 36.4 Å². The number of epoxide rings is 1. The highest BCUT2D eigenvalue weighted by Crippen LogP contribution is 2.58. The predicted molar refractivity (Wildman–Crippen MR) is 74.8 cm³/mol. The van der Waals surface area contributed by atoms with E-state index < -0.39 is 5.60 Å². The van der Waals surface area contributed by atoms with Crippen LogP contribution in [0.4, 0.5) is 0 Å². The summed E-state index contributed by atoms with van der Waals surface area (Å²) in [7, 11) is 0. The number of carbonyl (C=O) groups excluding carboxylic acids is 1. The van der Waals surface area contributed by atoms with E-state index in [-0.39, 0.29) is 11.9 Å². The Labute approximate surface area is 117 Å². The van der Waals surface area contributed by atoms with Crippen molar-refractivity contribution < 1.29 is 9.53 Å². The fourth-order valence-electron chi connectivity index (χ4n) is 2.70. The van der Waals surface area contributed by atoms with Crippen LogP contribution in [0.1, 0.15) is 29.7 Å². The Kier molecular flexibility index (Phi) is 3.12. The topological polar surface area (TPSA) is 68.5 Å². The summed E-state index contributed by atoms with van der Waals surface area (Å²) in [6, 6.07) is 11.5. The lowest BCUT2D eigenvalue weighted by Gasteiger charge is -2.11. The molecule has 4 nitrogen and oxygen atoms in total. The van der Waals surface area contributed by atoms with Gasteiger partial charge in [-0.3, -0.25) is 9.78 Å². The molecule has 0 spiro atoms. The Morgan fingerprint density at radius 1 is 1.30 bits per heavy atom. The summed E-state index contributed by atoms with van der Waals surface area (Å²) in [4.78, 5) is 16.1. The number of benzene rings is 1. The SMILES string of the molecule is CC(=O)C1(c2ccncc2)OC1c1ccccc1CN. The Hall–Kier alpha value is -2.04. The number of Topliss-reactive ketones (excluding diaryl/α,β-unsaturated/α-hetero) is 1. The van der Waals surface area contributed by atoms with Gasteiger partial charge in [0.1, 0.15) is 6.10 Å². The lowest BCUT2D eigenvalue weighted by molar-refractivity contribution is -0.122. The Morgan fingerprint density at radius 2 is 2.00 bits per heavy atom. The fourth-order valence-corrected chi connectivity index (χ4v) is 2.70. The summed E-state index contributed by atoms with van der Waals surface area (Å²) in [5.74, 6) is 0.000486. The minimum Gasteiger partial charge on any atom is -0.347 e. The summed E-state index contributed by atoms with van der Waals surface area (Å²) >= 11 is 0. The normalized spacial score (nSPS) is 24.4. The molecule has 2 N–H and O–H groups in total. The van der Waals surface area contributed by atoms with Gasteiger partial charge in [0.2, 0.25) is 0 Å². The van der Waals surface area contributed by atoms with E-state index in [4.69, 9.17) is 10.5 Å². The number of nitrogens with two attached hydrogens (primary N) is 1. The van der Waals surface area contributed by atoms with Crippen LogP contribution in [0, 0.1) is 0 Å². The van der Waals surface area contributed by atoms with E-state index in [1.165, 1.54) is 0 Å². The zero-order chi connectivity index (χ0) is 14.2. The van der Waals surface area contributed by atoms with Gasteiger partial charge < -0.3 is 10.5 Å². The average molecular weight is 268 g/mol. The molecular weight excluding hydrogens is 252 g/mol. The van der Waals surface area contributed by atoms with Crippen LogP contribution in [-0.4, -0.2) is 10.8 Å². The van der Waals surface area contributed by atoms with Crippen molar-refractivity contribution in [3.63, 3.8) is 0 Å². The highest BCUT2D eigenvalue weighted by Gasteiger charge is 2.62. The maximum Gasteiger partial charge on any atom is 0.182 e. The third-order valence-electron chi connectivity index (χ3n) is 3.81. The van der Waals surface area contributed by atoms with Gasteiger partial charge in [0.25, 0.3) is 0 Å². The molecule has 1 fully saturated rings. The van der Waals surface area contributed by atoms with Crippen molar-refractivity contribution in [2.24, 2.45) is 5.73 Å². The standard InChI is InChI=1S/C16H16N2O2/c1-11(19)16(13-6-8-18-9-7-13)15(20-16)14-5-3-2-4-12(14)10-17/h2-9,15H,10,17H2,1H3. The first-order valence-corrected chi connectivity index (χ1v) is 6.57. The van der Waals surface area contributed by atoms with Crippen LogP contribution >= 0.6 is 0 Å². The molecule has 1 aliphatic heterocycles. The second kappa shape index (κ2) is 4.81. The van der Waals surface area contributed by atoms with Crippen molar-refractivity contribution in [1.29, 1.82) is 0 Å². The van der Waals surface area contributed by atoms with Gasteiger partial charge in [-0.05, 0) is 35.7 Å². The van der Waals surface area contributed by atoms with Gasteiger partial charge in [0.05, 0.1) is 0 Å². The molecule has 1 aliphatic rings. The first-order valence-electron chi connectivity index (χ1n) is 6.57. The summed E-state index contributed by atoms with van der Waals surface area (Å²) in [6.07, 6.45) is 3.09. The van der Waals surface area contributed by atoms with E-state index in [0.29, 0.717) is 6.54 Å². The molecule has 1 saturated heterocycles. The van der Waals surface area contributed by atoms with Gasteiger partial charge in [-0.2, -0.15) is 0 Å². The quantitative estimate of drug-likeness (QED) is 0.862. The molecule has 102 valence electrons. The molecule has 0 saturated carbocycles. The summed E-state index contributed by atoms with van der Waals surface area (Å²) in [6.45, 7) is 1.99. The largest absolute Gasteiger partial charge is 0.347 e. The minimum absolute atomic E-state index is 0.000486. The lowest BCUT2D eigenvalue weighted by Crippen LogP contribution is -2.20. The smallest absolute Gasteiger partial charge is 0.182 e. The van der Waals surface area contributed by atoms with Crippen molar-refractivity contribution in [2.75, 3.05) is 0 Å². The van der Waals surface area contributed by atoms with Gasteiger partial charge in [0.15, 0.2) is 11.4 Å². The first-order chi connectivity index (χ1) is 9.70. The minimum atomic E-state index is -0.881. The van der Waals surface area contributed by atoms with Crippen molar-refractivity contribution >= 4 is 5.78 Å². The highest BCUT2D eigenvalue weighted by atomic mass is 16.6. The Balaban J connectivity index is 2.04. The van der Waals surface area contributed by atoms with Crippen molar-refractivity contribution in [3.8, 4) is 0 Å². The molecular formula is C16H16N2O2. The molecule has 4 heteroatoms. The average Bonchev–Trinajstić information content (AvgIpc) is 3.25. The van der Waals surface area contributed by atoms with Gasteiger partial charge in [-0.15, -0.1) is 0 Å². The van der Waals surface area contributed by atoms with E-state index in [9.17, 15) is 4.79 Å². The number of carbonyl (C=O) groups is 1. The van der Waals surface area contributed by atoms with Gasteiger partial charge in [0, 0.05) is 18.9 Å².